The molecule has 3 rings (SSSR count). The Hall–Kier alpha value is -2.28. The summed E-state index contributed by atoms with van der Waals surface area (Å²) >= 11 is 0. The zero-order chi connectivity index (χ0) is 16.4. The summed E-state index contributed by atoms with van der Waals surface area (Å²) in [5.41, 5.74) is 1.71. The summed E-state index contributed by atoms with van der Waals surface area (Å²) in [5, 5.41) is 8.29. The number of fused-ring (bicyclic) bond motifs is 1. The average molecular weight is 337 g/mol. The second-order valence-electron chi connectivity index (χ2n) is 4.41. The van der Waals surface area contributed by atoms with E-state index in [1.54, 1.807) is 12.1 Å². The minimum atomic E-state index is -3.98. The largest absolute Gasteiger partial charge is 0.428 e. The van der Waals surface area contributed by atoms with Crippen molar-refractivity contribution in [2.75, 3.05) is 0 Å². The Morgan fingerprint density at radius 1 is 0.909 bits per heavy atom. The van der Waals surface area contributed by atoms with Crippen molar-refractivity contribution in [3.05, 3.63) is 63.2 Å². The van der Waals surface area contributed by atoms with Crippen molar-refractivity contribution in [2.45, 2.75) is 16.7 Å². The lowest BCUT2D eigenvalue weighted by Gasteiger charge is -2.05. The van der Waals surface area contributed by atoms with E-state index in [-0.39, 0.29) is 9.79 Å². The van der Waals surface area contributed by atoms with Crippen LogP contribution in [0.5, 0.6) is 0 Å². The summed E-state index contributed by atoms with van der Waals surface area (Å²) in [7, 11) is -7.95. The van der Waals surface area contributed by atoms with Crippen molar-refractivity contribution in [1.82, 2.24) is 0 Å². The van der Waals surface area contributed by atoms with Crippen LogP contribution in [0.25, 0.3) is 9.10 Å². The summed E-state index contributed by atoms with van der Waals surface area (Å²) in [6.45, 7) is 1.95. The predicted molar refractivity (Wildman–Crippen MR) is 80.1 cm³/mol. The van der Waals surface area contributed by atoms with Gasteiger partial charge in [0.25, 0.3) is 0 Å². The fourth-order valence-corrected chi connectivity index (χ4v) is 5.23. The zero-order valence-electron chi connectivity index (χ0n) is 11.4. The molecule has 7 nitrogen and oxygen atoms in total. The first-order valence-corrected chi connectivity index (χ1v) is 8.89. The van der Waals surface area contributed by atoms with Crippen molar-refractivity contribution >= 4 is 25.7 Å². The van der Waals surface area contributed by atoms with E-state index in [1.165, 1.54) is 24.3 Å². The van der Waals surface area contributed by atoms with Gasteiger partial charge in [0.2, 0.25) is 5.39 Å². The number of benzene rings is 2. The molecule has 0 amide bonds. The van der Waals surface area contributed by atoms with Crippen molar-refractivity contribution < 1.29 is 16.8 Å². The van der Waals surface area contributed by atoms with Crippen LogP contribution < -0.4 is 0 Å². The van der Waals surface area contributed by atoms with Gasteiger partial charge in [-0.3, -0.25) is 0 Å². The van der Waals surface area contributed by atoms with Gasteiger partial charge in [-0.1, -0.05) is 24.3 Å². The smallest absolute Gasteiger partial charge is 0.385 e. The molecule has 1 aliphatic rings. The number of diazo groups is 1. The molecule has 2 aromatic rings. The predicted octanol–water partition coefficient (Wildman–Crippen LogP) is 2.93. The van der Waals surface area contributed by atoms with Crippen LogP contribution in [0.3, 0.4) is 0 Å². The Morgan fingerprint density at radius 3 is 1.86 bits per heavy atom. The first kappa shape index (κ1) is 16.1. The molecule has 0 saturated heterocycles. The van der Waals surface area contributed by atoms with Gasteiger partial charge < -0.3 is 4.13 Å². The number of aryl methyl sites for hydroxylation is 1. The molecule has 0 saturated carbocycles. The van der Waals surface area contributed by atoms with Crippen molar-refractivity contribution in [2.24, 2.45) is 0 Å². The Kier molecular flexibility index (Phi) is 4.27. The molecule has 114 valence electrons. The van der Waals surface area contributed by atoms with E-state index in [1.807, 2.05) is 19.1 Å². The lowest BCUT2D eigenvalue weighted by molar-refractivity contribution is 0.603. The molecule has 0 aromatic heterocycles. The molecule has 22 heavy (non-hydrogen) atoms. The highest BCUT2D eigenvalue weighted by atomic mass is 32.3. The van der Waals surface area contributed by atoms with Crippen LogP contribution in [0.15, 0.2) is 58.3 Å². The van der Waals surface area contributed by atoms with Gasteiger partial charge in [-0.05, 0) is 24.6 Å². The summed E-state index contributed by atoms with van der Waals surface area (Å²) < 4.78 is 47.3. The van der Waals surface area contributed by atoms with E-state index >= 15 is 0 Å². The normalized spacial score (nSPS) is 16.7. The number of sulfonamides is 2. The van der Waals surface area contributed by atoms with E-state index in [0.29, 0.717) is 5.69 Å². The van der Waals surface area contributed by atoms with Crippen LogP contribution in [0.4, 0.5) is 5.69 Å². The highest BCUT2D eigenvalue weighted by Gasteiger charge is 2.26. The van der Waals surface area contributed by atoms with Crippen LogP contribution in [-0.2, 0) is 20.0 Å². The maximum Gasteiger partial charge on any atom is 0.385 e. The van der Waals surface area contributed by atoms with E-state index in [9.17, 15) is 16.8 Å². The quantitative estimate of drug-likeness (QED) is 0.686. The summed E-state index contributed by atoms with van der Waals surface area (Å²) in [6, 6.07) is 12.7. The number of nitrogens with zero attached hydrogens (tertiary/aromatic N) is 3. The molecule has 9 heteroatoms. The van der Waals surface area contributed by atoms with E-state index in [4.69, 9.17) is 5.39 Å². The third-order valence-corrected chi connectivity index (χ3v) is 6.24. The van der Waals surface area contributed by atoms with Gasteiger partial charge in [-0.2, -0.15) is 0 Å². The number of hydrogen-bond donors (Lipinski definition) is 0. The maximum atomic E-state index is 11.1. The monoisotopic (exact) mass is 337 g/mol. The highest BCUT2D eigenvalue weighted by Crippen LogP contribution is 2.37. The molecular formula is C13H11N3O4S2. The molecule has 0 spiro atoms. The molecule has 0 N–H and O–H groups in total. The lowest BCUT2D eigenvalue weighted by Crippen LogP contribution is -1.92. The first-order chi connectivity index (χ1) is 10.3. The minimum absolute atomic E-state index is 0.241. The van der Waals surface area contributed by atoms with Crippen molar-refractivity contribution in [3.8, 4) is 0 Å². The van der Waals surface area contributed by atoms with E-state index in [0.717, 1.165) is 5.56 Å². The molecule has 0 fully saturated rings. The topological polar surface area (TPSA) is 111 Å². The molecule has 0 unspecified atom stereocenters. The third kappa shape index (κ3) is 3.30. The second-order valence-corrected chi connectivity index (χ2v) is 7.79. The Labute approximate surface area is 128 Å². The molecule has 1 heterocycles. The fraction of sp³-hybridized carbons (Fsp3) is 0.0769. The number of hydrogen-bond acceptors (Lipinski definition) is 5. The second kappa shape index (κ2) is 5.84. The zero-order valence-corrected chi connectivity index (χ0v) is 13.0. The van der Waals surface area contributed by atoms with Crippen LogP contribution in [0.2, 0.25) is 0 Å². The molecule has 0 bridgehead atoms. The third-order valence-electron chi connectivity index (χ3n) is 2.72. The lowest BCUT2D eigenvalue weighted by atomic mass is 10.2. The standard InChI is InChI=1S/C7H7N2.C6H4NO4S2/c1-6-3-2-4-7(5-6)9-8;8-12(9)5-3-1-2-4-6(5)13(10,11)7-12/h2-5H,1H3;1-4H/q+1;-1. The Bertz CT molecular complexity index is 910. The fourth-order valence-electron chi connectivity index (χ4n) is 1.78. The highest BCUT2D eigenvalue weighted by molar-refractivity contribution is 8.14. The van der Waals surface area contributed by atoms with Crippen LogP contribution in [0.1, 0.15) is 5.56 Å². The maximum absolute atomic E-state index is 11.1. The van der Waals surface area contributed by atoms with Crippen molar-refractivity contribution in [1.29, 1.82) is 5.39 Å². The summed E-state index contributed by atoms with van der Waals surface area (Å²) in [6.07, 6.45) is 0. The minimum Gasteiger partial charge on any atom is -0.428 e. The van der Waals surface area contributed by atoms with Crippen LogP contribution in [0, 0.1) is 12.3 Å². The molecule has 0 aliphatic carbocycles. The molecule has 0 radical (unpaired) electrons. The Morgan fingerprint density at radius 2 is 1.45 bits per heavy atom. The van der Waals surface area contributed by atoms with Gasteiger partial charge in [0.15, 0.2) is 4.98 Å². The molecular weight excluding hydrogens is 326 g/mol. The van der Waals surface area contributed by atoms with Gasteiger partial charge in [0, 0.05) is 12.1 Å². The summed E-state index contributed by atoms with van der Waals surface area (Å²) in [5.74, 6) is 0. The number of rotatable bonds is 0. The first-order valence-electron chi connectivity index (χ1n) is 6.01. The Balaban J connectivity index is 0.000000172. The van der Waals surface area contributed by atoms with Crippen LogP contribution in [-0.4, -0.2) is 16.8 Å². The average Bonchev–Trinajstić information content (AvgIpc) is 2.65. The van der Waals surface area contributed by atoms with Crippen LogP contribution >= 0.6 is 0 Å². The van der Waals surface area contributed by atoms with Gasteiger partial charge in [-0.25, -0.2) is 16.8 Å². The van der Waals surface area contributed by atoms with Crippen molar-refractivity contribution in [3.63, 3.8) is 0 Å². The van der Waals surface area contributed by atoms with Gasteiger partial charge >= 0.3 is 5.69 Å². The van der Waals surface area contributed by atoms with Gasteiger partial charge in [0.05, 0.1) is 9.79 Å². The van der Waals surface area contributed by atoms with E-state index < -0.39 is 20.0 Å². The van der Waals surface area contributed by atoms with E-state index in [2.05, 4.69) is 9.10 Å². The molecule has 0 atom stereocenters. The molecule has 2 aromatic carbocycles. The van der Waals surface area contributed by atoms with Gasteiger partial charge in [0.1, 0.15) is 20.0 Å². The van der Waals surface area contributed by atoms with Gasteiger partial charge in [-0.15, -0.1) is 0 Å². The SMILES string of the molecule is Cc1cccc([N+]#N)c1.O=S1(=O)[N-]S(=O)(=O)c2ccccc21. The molecule has 1 aliphatic heterocycles. The summed E-state index contributed by atoms with van der Waals surface area (Å²) in [4.78, 5) is 2.55.